The highest BCUT2D eigenvalue weighted by molar-refractivity contribution is 7.99. The van der Waals surface area contributed by atoms with Gasteiger partial charge in [-0.1, -0.05) is 6.92 Å². The summed E-state index contributed by atoms with van der Waals surface area (Å²) < 4.78 is 1.80. The molecule has 0 saturated carbocycles. The summed E-state index contributed by atoms with van der Waals surface area (Å²) in [5.41, 5.74) is 7.68. The van der Waals surface area contributed by atoms with E-state index >= 15 is 0 Å². The van der Waals surface area contributed by atoms with Crippen molar-refractivity contribution < 1.29 is 4.79 Å². The minimum Gasteiger partial charge on any atom is -0.397 e. The van der Waals surface area contributed by atoms with Crippen LogP contribution in [-0.2, 0) is 7.05 Å². The number of carbonyl (C=O) groups excluding carboxylic acids is 1. The monoisotopic (exact) mass is 310 g/mol. The van der Waals surface area contributed by atoms with E-state index in [1.807, 2.05) is 30.6 Å². The Kier molecular flexibility index (Phi) is 3.41. The average Bonchev–Trinajstić information content (AvgIpc) is 2.88. The number of aromatic nitrogens is 2. The Morgan fingerprint density at radius 3 is 2.90 bits per heavy atom. The fraction of sp³-hybridized carbons (Fsp3) is 0.538. The summed E-state index contributed by atoms with van der Waals surface area (Å²) in [6.45, 7) is 5.69. The van der Waals surface area contributed by atoms with Crippen molar-refractivity contribution in [1.82, 2.24) is 14.7 Å². The van der Waals surface area contributed by atoms with Crippen molar-refractivity contribution in [1.29, 1.82) is 0 Å². The van der Waals surface area contributed by atoms with Gasteiger partial charge in [0.25, 0.3) is 5.91 Å². The van der Waals surface area contributed by atoms with Gasteiger partial charge >= 0.3 is 0 Å². The number of fused-ring (bicyclic) bond motifs is 1. The molecule has 0 radical (unpaired) electrons. The second kappa shape index (κ2) is 4.96. The standard InChI is InChI=1S/C13H18N4OS2/c1-7-6-17(4-5-19-7)12(18)11-10(14)9-8(2)15-16(3)13(9)20-11/h7H,4-6,14H2,1-3H3. The van der Waals surface area contributed by atoms with Crippen molar-refractivity contribution >= 4 is 44.9 Å². The number of aryl methyl sites for hydroxylation is 2. The topological polar surface area (TPSA) is 64.2 Å². The number of nitrogens with zero attached hydrogens (tertiary/aromatic N) is 3. The van der Waals surface area contributed by atoms with Gasteiger partial charge < -0.3 is 10.6 Å². The molecule has 2 N–H and O–H groups in total. The van der Waals surface area contributed by atoms with E-state index in [0.717, 1.165) is 34.8 Å². The number of anilines is 1. The Morgan fingerprint density at radius 1 is 1.50 bits per heavy atom. The number of hydrogen-bond donors (Lipinski definition) is 1. The van der Waals surface area contributed by atoms with E-state index < -0.39 is 0 Å². The number of hydrogen-bond acceptors (Lipinski definition) is 5. The number of nitrogen functional groups attached to an aromatic ring is 1. The van der Waals surface area contributed by atoms with Gasteiger partial charge in [0.2, 0.25) is 0 Å². The fourth-order valence-electron chi connectivity index (χ4n) is 2.63. The number of thiophene rings is 1. The van der Waals surface area contributed by atoms with Crippen LogP contribution in [0.1, 0.15) is 22.3 Å². The molecular formula is C13H18N4OS2. The molecule has 1 atom stereocenters. The molecular weight excluding hydrogens is 292 g/mol. The molecule has 2 aromatic rings. The predicted octanol–water partition coefficient (Wildman–Crippen LogP) is 2.10. The third kappa shape index (κ3) is 2.09. The lowest BCUT2D eigenvalue weighted by Gasteiger charge is -2.30. The molecule has 108 valence electrons. The molecule has 0 aromatic carbocycles. The van der Waals surface area contributed by atoms with Gasteiger partial charge in [-0.05, 0) is 6.92 Å². The lowest BCUT2D eigenvalue weighted by Crippen LogP contribution is -2.40. The number of nitrogens with two attached hydrogens (primary N) is 1. The zero-order valence-corrected chi connectivity index (χ0v) is 13.5. The molecule has 1 aliphatic rings. The van der Waals surface area contributed by atoms with Crippen LogP contribution in [0.5, 0.6) is 0 Å². The van der Waals surface area contributed by atoms with Gasteiger partial charge in [-0.3, -0.25) is 9.48 Å². The molecule has 1 amide bonds. The van der Waals surface area contributed by atoms with E-state index in [1.165, 1.54) is 11.3 Å². The molecule has 3 rings (SSSR count). The average molecular weight is 310 g/mol. The zero-order valence-electron chi connectivity index (χ0n) is 11.8. The smallest absolute Gasteiger partial charge is 0.266 e. The highest BCUT2D eigenvalue weighted by Crippen LogP contribution is 2.36. The summed E-state index contributed by atoms with van der Waals surface area (Å²) >= 11 is 3.37. The number of amides is 1. The number of rotatable bonds is 1. The van der Waals surface area contributed by atoms with Crippen molar-refractivity contribution in [3.05, 3.63) is 10.6 Å². The molecule has 2 aromatic heterocycles. The quantitative estimate of drug-likeness (QED) is 0.876. The van der Waals surface area contributed by atoms with E-state index in [0.29, 0.717) is 15.8 Å². The molecule has 1 unspecified atom stereocenters. The maximum absolute atomic E-state index is 12.7. The minimum absolute atomic E-state index is 0.0650. The first kappa shape index (κ1) is 13.8. The van der Waals surface area contributed by atoms with Gasteiger partial charge in [0.15, 0.2) is 0 Å². The molecule has 0 spiro atoms. The lowest BCUT2D eigenvalue weighted by atomic mass is 10.2. The maximum atomic E-state index is 12.7. The molecule has 20 heavy (non-hydrogen) atoms. The molecule has 1 saturated heterocycles. The van der Waals surface area contributed by atoms with Crippen LogP contribution >= 0.6 is 23.1 Å². The van der Waals surface area contributed by atoms with Crippen LogP contribution in [0.4, 0.5) is 5.69 Å². The van der Waals surface area contributed by atoms with E-state index in [1.54, 1.807) is 4.68 Å². The normalized spacial score (nSPS) is 19.8. The fourth-order valence-corrected chi connectivity index (χ4v) is 4.80. The van der Waals surface area contributed by atoms with Crippen molar-refractivity contribution in [3.8, 4) is 0 Å². The Balaban J connectivity index is 1.99. The Labute approximate surface area is 126 Å². The first-order valence-electron chi connectivity index (χ1n) is 6.61. The van der Waals surface area contributed by atoms with Crippen molar-refractivity contribution in [2.75, 3.05) is 24.6 Å². The van der Waals surface area contributed by atoms with Gasteiger partial charge in [-0.25, -0.2) is 0 Å². The lowest BCUT2D eigenvalue weighted by molar-refractivity contribution is 0.0769. The third-order valence-corrected chi connectivity index (χ3v) is 6.00. The van der Waals surface area contributed by atoms with Crippen molar-refractivity contribution in [2.45, 2.75) is 19.1 Å². The number of carbonyl (C=O) groups is 1. The van der Waals surface area contributed by atoms with E-state index in [9.17, 15) is 4.79 Å². The summed E-state index contributed by atoms with van der Waals surface area (Å²) in [6, 6.07) is 0. The van der Waals surface area contributed by atoms with Crippen LogP contribution in [0.25, 0.3) is 10.2 Å². The van der Waals surface area contributed by atoms with E-state index in [2.05, 4.69) is 12.0 Å². The molecule has 1 aliphatic heterocycles. The first-order chi connectivity index (χ1) is 9.49. The zero-order chi connectivity index (χ0) is 14.4. The highest BCUT2D eigenvalue weighted by atomic mass is 32.2. The predicted molar refractivity (Wildman–Crippen MR) is 85.6 cm³/mol. The van der Waals surface area contributed by atoms with Crippen LogP contribution in [-0.4, -0.2) is 44.7 Å². The van der Waals surface area contributed by atoms with Gasteiger partial charge in [-0.15, -0.1) is 11.3 Å². The summed E-state index contributed by atoms with van der Waals surface area (Å²) in [4.78, 5) is 16.2. The molecule has 7 heteroatoms. The van der Waals surface area contributed by atoms with Crippen LogP contribution in [0.3, 0.4) is 0 Å². The second-order valence-electron chi connectivity index (χ2n) is 5.17. The third-order valence-electron chi connectivity index (χ3n) is 3.60. The van der Waals surface area contributed by atoms with Gasteiger partial charge in [0.1, 0.15) is 9.71 Å². The van der Waals surface area contributed by atoms with Crippen LogP contribution in [0, 0.1) is 6.92 Å². The summed E-state index contributed by atoms with van der Waals surface area (Å²) in [5.74, 6) is 1.06. The van der Waals surface area contributed by atoms with Crippen LogP contribution in [0.2, 0.25) is 0 Å². The molecule has 5 nitrogen and oxygen atoms in total. The minimum atomic E-state index is 0.0650. The Morgan fingerprint density at radius 2 is 2.25 bits per heavy atom. The molecule has 1 fully saturated rings. The van der Waals surface area contributed by atoms with Crippen LogP contribution < -0.4 is 5.73 Å². The van der Waals surface area contributed by atoms with Crippen LogP contribution in [0.15, 0.2) is 0 Å². The van der Waals surface area contributed by atoms with Gasteiger partial charge in [0, 0.05) is 31.1 Å². The maximum Gasteiger partial charge on any atom is 0.266 e. The summed E-state index contributed by atoms with van der Waals surface area (Å²) in [7, 11) is 1.89. The van der Waals surface area contributed by atoms with Gasteiger partial charge in [0.05, 0.1) is 16.8 Å². The Bertz CT molecular complexity index is 676. The van der Waals surface area contributed by atoms with E-state index in [4.69, 9.17) is 5.73 Å². The number of thioether (sulfide) groups is 1. The second-order valence-corrected chi connectivity index (χ2v) is 7.71. The largest absolute Gasteiger partial charge is 0.397 e. The summed E-state index contributed by atoms with van der Waals surface area (Å²) in [5, 5.41) is 5.78. The summed E-state index contributed by atoms with van der Waals surface area (Å²) in [6.07, 6.45) is 0. The highest BCUT2D eigenvalue weighted by Gasteiger charge is 2.27. The van der Waals surface area contributed by atoms with Gasteiger partial charge in [-0.2, -0.15) is 16.9 Å². The Hall–Kier alpha value is -1.21. The van der Waals surface area contributed by atoms with Crippen molar-refractivity contribution in [2.24, 2.45) is 7.05 Å². The molecule has 0 bridgehead atoms. The molecule has 3 heterocycles. The SMILES string of the molecule is Cc1nn(C)c2sc(C(=O)N3CCSC(C)C3)c(N)c12. The van der Waals surface area contributed by atoms with E-state index in [-0.39, 0.29) is 5.91 Å². The first-order valence-corrected chi connectivity index (χ1v) is 8.48. The van der Waals surface area contributed by atoms with Crippen molar-refractivity contribution in [3.63, 3.8) is 0 Å². The molecule has 0 aliphatic carbocycles.